The second-order valence-electron chi connectivity index (χ2n) is 3.52. The Morgan fingerprint density at radius 1 is 1.27 bits per heavy atom. The van der Waals surface area contributed by atoms with Crippen molar-refractivity contribution in [1.82, 2.24) is 0 Å². The van der Waals surface area contributed by atoms with Crippen LogP contribution in [0.1, 0.15) is 32.6 Å². The van der Waals surface area contributed by atoms with Gasteiger partial charge in [-0.2, -0.15) is 0 Å². The van der Waals surface area contributed by atoms with Crippen LogP contribution in [0.2, 0.25) is 0 Å². The molecule has 0 aliphatic rings. The van der Waals surface area contributed by atoms with Crippen molar-refractivity contribution in [3.8, 4) is 11.5 Å². The van der Waals surface area contributed by atoms with Crippen LogP contribution in [0, 0.1) is 0 Å². The summed E-state index contributed by atoms with van der Waals surface area (Å²) >= 11 is 3.34. The maximum absolute atomic E-state index is 9.49. The number of aromatic hydroxyl groups is 1. The highest BCUT2D eigenvalue weighted by molar-refractivity contribution is 9.10. The van der Waals surface area contributed by atoms with E-state index in [-0.39, 0.29) is 5.75 Å². The highest BCUT2D eigenvalue weighted by atomic mass is 79.9. The molecule has 1 aromatic carbocycles. The number of phenols is 1. The Hall–Kier alpha value is -0.700. The van der Waals surface area contributed by atoms with Crippen LogP contribution in [-0.4, -0.2) is 11.7 Å². The van der Waals surface area contributed by atoms with Gasteiger partial charge >= 0.3 is 0 Å². The fraction of sp³-hybridized carbons (Fsp3) is 0.500. The lowest BCUT2D eigenvalue weighted by atomic mass is 10.2. The van der Waals surface area contributed by atoms with Crippen LogP contribution in [0.3, 0.4) is 0 Å². The molecule has 1 rings (SSSR count). The number of ether oxygens (including phenoxy) is 1. The zero-order valence-corrected chi connectivity index (χ0v) is 10.6. The molecule has 0 heterocycles. The molecule has 0 fully saturated rings. The van der Waals surface area contributed by atoms with Crippen LogP contribution in [0.15, 0.2) is 22.7 Å². The van der Waals surface area contributed by atoms with Crippen LogP contribution in [0.4, 0.5) is 0 Å². The third kappa shape index (κ3) is 4.56. The number of hydrogen-bond donors (Lipinski definition) is 1. The minimum Gasteiger partial charge on any atom is -0.504 e. The largest absolute Gasteiger partial charge is 0.504 e. The molecule has 0 amide bonds. The van der Waals surface area contributed by atoms with E-state index in [0.717, 1.165) is 10.9 Å². The Bertz CT molecular complexity index is 300. The predicted molar refractivity (Wildman–Crippen MR) is 65.4 cm³/mol. The number of unbranched alkanes of at least 4 members (excludes halogenated alkanes) is 3. The van der Waals surface area contributed by atoms with E-state index in [9.17, 15) is 5.11 Å². The van der Waals surface area contributed by atoms with Gasteiger partial charge in [0.25, 0.3) is 0 Å². The molecule has 0 aliphatic carbocycles. The summed E-state index contributed by atoms with van der Waals surface area (Å²) in [6.07, 6.45) is 4.70. The Kier molecular flexibility index (Phi) is 5.54. The monoisotopic (exact) mass is 272 g/mol. The van der Waals surface area contributed by atoms with Crippen molar-refractivity contribution in [3.05, 3.63) is 22.7 Å². The van der Waals surface area contributed by atoms with Crippen molar-refractivity contribution < 1.29 is 9.84 Å². The fourth-order valence-corrected chi connectivity index (χ4v) is 1.65. The van der Waals surface area contributed by atoms with Gasteiger partial charge in [-0.25, -0.2) is 0 Å². The molecule has 0 radical (unpaired) electrons. The highest BCUT2D eigenvalue weighted by Gasteiger charge is 2.02. The molecule has 0 aromatic heterocycles. The van der Waals surface area contributed by atoms with Gasteiger partial charge in [-0.15, -0.1) is 0 Å². The topological polar surface area (TPSA) is 29.5 Å². The van der Waals surface area contributed by atoms with E-state index in [4.69, 9.17) is 4.74 Å². The molecule has 1 N–H and O–H groups in total. The van der Waals surface area contributed by atoms with Crippen LogP contribution in [0.5, 0.6) is 11.5 Å². The van der Waals surface area contributed by atoms with Gasteiger partial charge in [0.1, 0.15) is 0 Å². The third-order valence-electron chi connectivity index (χ3n) is 2.18. The van der Waals surface area contributed by atoms with Crippen LogP contribution >= 0.6 is 15.9 Å². The highest BCUT2D eigenvalue weighted by Crippen LogP contribution is 2.29. The maximum atomic E-state index is 9.49. The molecule has 0 unspecified atom stereocenters. The second-order valence-corrected chi connectivity index (χ2v) is 4.44. The number of rotatable bonds is 6. The van der Waals surface area contributed by atoms with Gasteiger partial charge in [-0.3, -0.25) is 0 Å². The van der Waals surface area contributed by atoms with E-state index in [0.29, 0.717) is 12.4 Å². The van der Waals surface area contributed by atoms with Crippen molar-refractivity contribution in [3.63, 3.8) is 0 Å². The van der Waals surface area contributed by atoms with E-state index in [1.165, 1.54) is 19.3 Å². The SMILES string of the molecule is CCCCCCOc1cc(Br)ccc1O. The Morgan fingerprint density at radius 2 is 2.07 bits per heavy atom. The summed E-state index contributed by atoms with van der Waals surface area (Å²) in [5.41, 5.74) is 0. The van der Waals surface area contributed by atoms with Gasteiger partial charge in [0.15, 0.2) is 11.5 Å². The number of halogens is 1. The summed E-state index contributed by atoms with van der Waals surface area (Å²) in [6.45, 7) is 2.85. The van der Waals surface area contributed by atoms with Crippen molar-refractivity contribution >= 4 is 15.9 Å². The van der Waals surface area contributed by atoms with Gasteiger partial charge in [0, 0.05) is 4.47 Å². The van der Waals surface area contributed by atoms with E-state index < -0.39 is 0 Å². The van der Waals surface area contributed by atoms with Crippen molar-refractivity contribution in [2.75, 3.05) is 6.61 Å². The molecule has 2 nitrogen and oxygen atoms in total. The van der Waals surface area contributed by atoms with E-state index in [1.54, 1.807) is 18.2 Å². The summed E-state index contributed by atoms with van der Waals surface area (Å²) in [5.74, 6) is 0.759. The smallest absolute Gasteiger partial charge is 0.162 e. The summed E-state index contributed by atoms with van der Waals surface area (Å²) in [4.78, 5) is 0. The first-order valence-electron chi connectivity index (χ1n) is 5.35. The fourth-order valence-electron chi connectivity index (χ4n) is 1.31. The van der Waals surface area contributed by atoms with Gasteiger partial charge in [-0.1, -0.05) is 42.1 Å². The lowest BCUT2D eigenvalue weighted by Crippen LogP contribution is -1.97. The molecular formula is C12H17BrO2. The third-order valence-corrected chi connectivity index (χ3v) is 2.67. The lowest BCUT2D eigenvalue weighted by Gasteiger charge is -2.07. The Labute approximate surface area is 99.4 Å². The van der Waals surface area contributed by atoms with Gasteiger partial charge in [-0.05, 0) is 24.6 Å². The average molecular weight is 273 g/mol. The minimum absolute atomic E-state index is 0.202. The van der Waals surface area contributed by atoms with Gasteiger partial charge in [0.05, 0.1) is 6.61 Å². The van der Waals surface area contributed by atoms with Crippen molar-refractivity contribution in [2.24, 2.45) is 0 Å². The van der Waals surface area contributed by atoms with Crippen LogP contribution < -0.4 is 4.74 Å². The molecule has 0 bridgehead atoms. The second kappa shape index (κ2) is 6.72. The first-order chi connectivity index (χ1) is 7.24. The zero-order chi connectivity index (χ0) is 11.1. The molecular weight excluding hydrogens is 256 g/mol. The standard InChI is InChI=1S/C12H17BrO2/c1-2-3-4-5-8-15-12-9-10(13)6-7-11(12)14/h6-7,9,14H,2-5,8H2,1H3. The molecule has 0 atom stereocenters. The van der Waals surface area contributed by atoms with Crippen molar-refractivity contribution in [1.29, 1.82) is 0 Å². The predicted octanol–water partition coefficient (Wildman–Crippen LogP) is 4.11. The molecule has 0 spiro atoms. The first kappa shape index (κ1) is 12.4. The van der Waals surface area contributed by atoms with E-state index >= 15 is 0 Å². The molecule has 0 saturated heterocycles. The summed E-state index contributed by atoms with van der Waals surface area (Å²) < 4.78 is 6.40. The normalized spacial score (nSPS) is 10.3. The quantitative estimate of drug-likeness (QED) is 0.790. The summed E-state index contributed by atoms with van der Waals surface area (Å²) in [7, 11) is 0. The van der Waals surface area contributed by atoms with E-state index in [1.807, 2.05) is 0 Å². The molecule has 3 heteroatoms. The van der Waals surface area contributed by atoms with Crippen LogP contribution in [-0.2, 0) is 0 Å². The number of phenolic OH excluding ortho intramolecular Hbond substituents is 1. The molecule has 15 heavy (non-hydrogen) atoms. The Balaban J connectivity index is 2.33. The van der Waals surface area contributed by atoms with Gasteiger partial charge in [0.2, 0.25) is 0 Å². The summed E-state index contributed by atoms with van der Waals surface area (Å²) in [6, 6.07) is 5.21. The molecule has 84 valence electrons. The minimum atomic E-state index is 0.202. The average Bonchev–Trinajstić information content (AvgIpc) is 2.23. The number of hydrogen-bond acceptors (Lipinski definition) is 2. The first-order valence-corrected chi connectivity index (χ1v) is 6.14. The maximum Gasteiger partial charge on any atom is 0.162 e. The molecule has 0 aliphatic heterocycles. The summed E-state index contributed by atoms with van der Waals surface area (Å²) in [5, 5.41) is 9.49. The van der Waals surface area contributed by atoms with E-state index in [2.05, 4.69) is 22.9 Å². The van der Waals surface area contributed by atoms with Crippen molar-refractivity contribution in [2.45, 2.75) is 32.6 Å². The molecule has 1 aromatic rings. The number of benzene rings is 1. The van der Waals surface area contributed by atoms with Gasteiger partial charge < -0.3 is 9.84 Å². The zero-order valence-electron chi connectivity index (χ0n) is 9.00. The Morgan fingerprint density at radius 3 is 2.80 bits per heavy atom. The lowest BCUT2D eigenvalue weighted by molar-refractivity contribution is 0.289. The molecule has 0 saturated carbocycles. The van der Waals surface area contributed by atoms with Crippen LogP contribution in [0.25, 0.3) is 0 Å².